The number of benzene rings is 1. The van der Waals surface area contributed by atoms with Crippen LogP contribution in [-0.4, -0.2) is 10.7 Å². The Balaban J connectivity index is 1.84. The van der Waals surface area contributed by atoms with E-state index < -0.39 is 11.0 Å². The molecule has 2 heteroatoms. The van der Waals surface area contributed by atoms with Gasteiger partial charge in [0.15, 0.2) is 0 Å². The van der Waals surface area contributed by atoms with Crippen LogP contribution < -0.4 is 0 Å². The van der Waals surface area contributed by atoms with Crippen molar-refractivity contribution in [1.29, 1.82) is 5.26 Å². The molecule has 3 rings (SSSR count). The molecule has 1 fully saturated rings. The second-order valence-electron chi connectivity index (χ2n) is 7.43. The average Bonchev–Trinajstić information content (AvgIpc) is 2.84. The Labute approximate surface area is 127 Å². The van der Waals surface area contributed by atoms with Crippen LogP contribution in [0.4, 0.5) is 0 Å². The summed E-state index contributed by atoms with van der Waals surface area (Å²) in [5.41, 5.74) is 1.02. The van der Waals surface area contributed by atoms with Crippen LogP contribution in [0.1, 0.15) is 50.7 Å². The topological polar surface area (TPSA) is 44.0 Å². The third kappa shape index (κ3) is 2.28. The van der Waals surface area contributed by atoms with Crippen LogP contribution in [0, 0.1) is 28.6 Å². The van der Waals surface area contributed by atoms with Crippen LogP contribution in [0.15, 0.2) is 24.3 Å². The second kappa shape index (κ2) is 5.14. The Morgan fingerprint density at radius 1 is 1.14 bits per heavy atom. The Morgan fingerprint density at radius 3 is 2.10 bits per heavy atom. The second-order valence-corrected chi connectivity index (χ2v) is 7.43. The van der Waals surface area contributed by atoms with E-state index in [1.165, 1.54) is 11.1 Å². The molecule has 1 aromatic rings. The van der Waals surface area contributed by atoms with Crippen LogP contribution in [0.25, 0.3) is 0 Å². The maximum Gasteiger partial charge on any atom is 0.0913 e. The van der Waals surface area contributed by atoms with E-state index in [1.807, 2.05) is 12.1 Å². The molecule has 0 saturated heterocycles. The molecular weight excluding hydrogens is 258 g/mol. The maximum atomic E-state index is 11.3. The van der Waals surface area contributed by atoms with Gasteiger partial charge >= 0.3 is 0 Å². The number of aliphatic hydroxyl groups is 1. The molecule has 21 heavy (non-hydrogen) atoms. The zero-order chi connectivity index (χ0) is 15.1. The first kappa shape index (κ1) is 14.6. The Hall–Kier alpha value is -1.33. The zero-order valence-electron chi connectivity index (χ0n) is 13.1. The average molecular weight is 283 g/mol. The molecule has 1 N–H and O–H groups in total. The van der Waals surface area contributed by atoms with Gasteiger partial charge in [-0.15, -0.1) is 0 Å². The molecule has 0 radical (unpaired) electrons. The van der Waals surface area contributed by atoms with E-state index in [4.69, 9.17) is 0 Å². The highest BCUT2D eigenvalue weighted by molar-refractivity contribution is 5.38. The minimum atomic E-state index is -0.868. The number of nitriles is 1. The summed E-state index contributed by atoms with van der Waals surface area (Å²) in [5, 5.41) is 21.2. The predicted molar refractivity (Wildman–Crippen MR) is 83.6 cm³/mol. The van der Waals surface area contributed by atoms with Crippen molar-refractivity contribution in [3.63, 3.8) is 0 Å². The van der Waals surface area contributed by atoms with Crippen molar-refractivity contribution >= 4 is 0 Å². The van der Waals surface area contributed by atoms with Gasteiger partial charge in [0.2, 0.25) is 0 Å². The first-order valence-corrected chi connectivity index (χ1v) is 8.20. The fraction of sp³-hybridized carbons (Fsp3) is 0.632. The van der Waals surface area contributed by atoms with Gasteiger partial charge in [-0.1, -0.05) is 38.1 Å². The van der Waals surface area contributed by atoms with Gasteiger partial charge in [0.05, 0.1) is 17.1 Å². The van der Waals surface area contributed by atoms with Gasteiger partial charge in [-0.25, -0.2) is 0 Å². The molecular formula is C19H25NO. The summed E-state index contributed by atoms with van der Waals surface area (Å²) in [4.78, 5) is 0. The summed E-state index contributed by atoms with van der Waals surface area (Å²) in [7, 11) is 0. The fourth-order valence-electron chi connectivity index (χ4n) is 4.41. The fourth-order valence-corrected chi connectivity index (χ4v) is 4.41. The van der Waals surface area contributed by atoms with E-state index in [0.29, 0.717) is 24.7 Å². The van der Waals surface area contributed by atoms with Crippen molar-refractivity contribution in [2.45, 2.75) is 58.0 Å². The molecule has 0 aromatic heterocycles. The van der Waals surface area contributed by atoms with Crippen molar-refractivity contribution in [2.75, 3.05) is 0 Å². The number of nitrogens with zero attached hydrogens (tertiary/aromatic N) is 1. The first-order valence-electron chi connectivity index (χ1n) is 8.20. The molecule has 0 spiro atoms. The molecule has 112 valence electrons. The third-order valence-corrected chi connectivity index (χ3v) is 6.02. The predicted octanol–water partition coefficient (Wildman–Crippen LogP) is 3.87. The SMILES string of the molecule is CC(C)C1CCC(C#N)(C2(O)Cc3ccccc3C2)CC1. The third-order valence-electron chi connectivity index (χ3n) is 6.02. The molecule has 2 aliphatic rings. The van der Waals surface area contributed by atoms with Crippen LogP contribution >= 0.6 is 0 Å². The van der Waals surface area contributed by atoms with Gasteiger partial charge in [0.1, 0.15) is 0 Å². The highest BCUT2D eigenvalue weighted by atomic mass is 16.3. The number of hydrogen-bond acceptors (Lipinski definition) is 2. The molecule has 2 aliphatic carbocycles. The van der Waals surface area contributed by atoms with Gasteiger partial charge < -0.3 is 5.11 Å². The monoisotopic (exact) mass is 283 g/mol. The molecule has 0 bridgehead atoms. The van der Waals surface area contributed by atoms with E-state index in [2.05, 4.69) is 32.0 Å². The molecule has 2 nitrogen and oxygen atoms in total. The van der Waals surface area contributed by atoms with E-state index in [9.17, 15) is 10.4 Å². The summed E-state index contributed by atoms with van der Waals surface area (Å²) in [6, 6.07) is 10.8. The van der Waals surface area contributed by atoms with Crippen molar-refractivity contribution < 1.29 is 5.11 Å². The summed E-state index contributed by atoms with van der Waals surface area (Å²) < 4.78 is 0. The van der Waals surface area contributed by atoms with E-state index in [1.54, 1.807) is 0 Å². The summed E-state index contributed by atoms with van der Waals surface area (Å²) >= 11 is 0. The molecule has 0 unspecified atom stereocenters. The number of hydrogen-bond donors (Lipinski definition) is 1. The summed E-state index contributed by atoms with van der Waals surface area (Å²) in [6.07, 6.45) is 5.12. The lowest BCUT2D eigenvalue weighted by atomic mass is 9.60. The van der Waals surface area contributed by atoms with Gasteiger partial charge in [-0.2, -0.15) is 5.26 Å². The van der Waals surface area contributed by atoms with E-state index in [-0.39, 0.29) is 0 Å². The molecule has 0 amide bonds. The Bertz CT molecular complexity index is 536. The van der Waals surface area contributed by atoms with Crippen molar-refractivity contribution in [2.24, 2.45) is 17.3 Å². The Kier molecular flexibility index (Phi) is 3.58. The van der Waals surface area contributed by atoms with Crippen molar-refractivity contribution in [1.82, 2.24) is 0 Å². The summed E-state index contributed by atoms with van der Waals surface area (Å²) in [5.74, 6) is 1.39. The molecule has 0 aliphatic heterocycles. The van der Waals surface area contributed by atoms with Crippen molar-refractivity contribution in [3.8, 4) is 6.07 Å². The van der Waals surface area contributed by atoms with Crippen LogP contribution in [0.2, 0.25) is 0 Å². The summed E-state index contributed by atoms with van der Waals surface area (Å²) in [6.45, 7) is 4.54. The minimum Gasteiger partial charge on any atom is -0.388 e. The van der Waals surface area contributed by atoms with E-state index >= 15 is 0 Å². The molecule has 1 aromatic carbocycles. The lowest BCUT2D eigenvalue weighted by molar-refractivity contribution is -0.0726. The van der Waals surface area contributed by atoms with Crippen LogP contribution in [0.3, 0.4) is 0 Å². The highest BCUT2D eigenvalue weighted by Crippen LogP contribution is 2.52. The maximum absolute atomic E-state index is 11.3. The van der Waals surface area contributed by atoms with Crippen molar-refractivity contribution in [3.05, 3.63) is 35.4 Å². The Morgan fingerprint density at radius 2 is 1.67 bits per heavy atom. The normalized spacial score (nSPS) is 30.9. The zero-order valence-corrected chi connectivity index (χ0v) is 13.1. The molecule has 0 atom stereocenters. The smallest absolute Gasteiger partial charge is 0.0913 e. The minimum absolute atomic E-state index is 0.558. The molecule has 1 saturated carbocycles. The first-order chi connectivity index (χ1) is 10.00. The van der Waals surface area contributed by atoms with Gasteiger partial charge in [-0.3, -0.25) is 0 Å². The standard InChI is InChI=1S/C19H25NO/c1-14(2)15-7-9-18(13-20,10-8-15)19(21)11-16-5-3-4-6-17(16)12-19/h3-6,14-15,21H,7-12H2,1-2H3. The van der Waals surface area contributed by atoms with Crippen LogP contribution in [-0.2, 0) is 12.8 Å². The van der Waals surface area contributed by atoms with Crippen LogP contribution in [0.5, 0.6) is 0 Å². The van der Waals surface area contributed by atoms with Gasteiger partial charge in [0.25, 0.3) is 0 Å². The number of rotatable bonds is 2. The van der Waals surface area contributed by atoms with E-state index in [0.717, 1.165) is 25.7 Å². The van der Waals surface area contributed by atoms with Gasteiger partial charge in [-0.05, 0) is 48.6 Å². The quantitative estimate of drug-likeness (QED) is 0.895. The largest absolute Gasteiger partial charge is 0.388 e. The highest BCUT2D eigenvalue weighted by Gasteiger charge is 2.54. The lowest BCUT2D eigenvalue weighted by Gasteiger charge is -2.45. The lowest BCUT2D eigenvalue weighted by Crippen LogP contribution is -2.50. The van der Waals surface area contributed by atoms with Gasteiger partial charge in [0, 0.05) is 12.8 Å². The number of fused-ring (bicyclic) bond motifs is 1. The molecule has 0 heterocycles.